The summed E-state index contributed by atoms with van der Waals surface area (Å²) in [5.74, 6) is 1.06. The van der Waals surface area contributed by atoms with Gasteiger partial charge in [-0.1, -0.05) is 37.3 Å². The molecular formula is C19H30F3IN4O2S. The number of aliphatic imine (C=N–C) groups is 1. The Morgan fingerprint density at radius 1 is 1.20 bits per heavy atom. The van der Waals surface area contributed by atoms with E-state index in [0.717, 1.165) is 6.42 Å². The van der Waals surface area contributed by atoms with Crippen molar-refractivity contribution in [3.63, 3.8) is 0 Å². The molecular weight excluding hydrogens is 532 g/mol. The SMILES string of the molecule is CCC(CNC(=NC)NCC1CCN(S(=O)(=O)C(F)(F)F)CC1)c1ccccc1.I. The summed E-state index contributed by atoms with van der Waals surface area (Å²) < 4.78 is 61.4. The van der Waals surface area contributed by atoms with Crippen molar-refractivity contribution >= 4 is 40.0 Å². The third-order valence-corrected chi connectivity index (χ3v) is 6.90. The molecule has 1 heterocycles. The van der Waals surface area contributed by atoms with Crippen LogP contribution in [0.5, 0.6) is 0 Å². The van der Waals surface area contributed by atoms with E-state index in [-0.39, 0.29) is 43.0 Å². The summed E-state index contributed by atoms with van der Waals surface area (Å²) in [7, 11) is -3.57. The Balaban J connectivity index is 0.00000450. The number of nitrogens with zero attached hydrogens (tertiary/aromatic N) is 2. The lowest BCUT2D eigenvalue weighted by molar-refractivity contribution is -0.0496. The molecule has 6 nitrogen and oxygen atoms in total. The highest BCUT2D eigenvalue weighted by Crippen LogP contribution is 2.30. The highest BCUT2D eigenvalue weighted by atomic mass is 127. The molecule has 0 aromatic heterocycles. The quantitative estimate of drug-likeness (QED) is 0.303. The van der Waals surface area contributed by atoms with Crippen LogP contribution in [0, 0.1) is 5.92 Å². The zero-order valence-corrected chi connectivity index (χ0v) is 20.3. The van der Waals surface area contributed by atoms with E-state index in [9.17, 15) is 21.6 Å². The van der Waals surface area contributed by atoms with Crippen LogP contribution < -0.4 is 10.6 Å². The van der Waals surface area contributed by atoms with E-state index in [1.807, 2.05) is 18.2 Å². The van der Waals surface area contributed by atoms with Crippen molar-refractivity contribution in [2.75, 3.05) is 33.2 Å². The number of sulfonamides is 1. The summed E-state index contributed by atoms with van der Waals surface area (Å²) in [4.78, 5) is 4.20. The number of hydrogen-bond donors (Lipinski definition) is 2. The summed E-state index contributed by atoms with van der Waals surface area (Å²) in [6.45, 7) is 3.13. The van der Waals surface area contributed by atoms with Gasteiger partial charge >= 0.3 is 15.5 Å². The minimum absolute atomic E-state index is 0. The number of rotatable bonds is 7. The fourth-order valence-electron chi connectivity index (χ4n) is 3.40. The maximum Gasteiger partial charge on any atom is 0.511 e. The first-order valence-corrected chi connectivity index (χ1v) is 11.2. The average Bonchev–Trinajstić information content (AvgIpc) is 2.71. The second-order valence-corrected chi connectivity index (χ2v) is 9.07. The highest BCUT2D eigenvalue weighted by molar-refractivity contribution is 14.0. The Labute approximate surface area is 193 Å². The molecule has 1 aromatic rings. The predicted molar refractivity (Wildman–Crippen MR) is 124 cm³/mol. The number of benzene rings is 1. The number of hydrogen-bond acceptors (Lipinski definition) is 3. The molecule has 30 heavy (non-hydrogen) atoms. The van der Waals surface area contributed by atoms with Crippen molar-refractivity contribution in [3.8, 4) is 0 Å². The number of halogens is 4. The van der Waals surface area contributed by atoms with Crippen molar-refractivity contribution in [1.29, 1.82) is 0 Å². The first-order chi connectivity index (χ1) is 13.7. The average molecular weight is 562 g/mol. The fourth-order valence-corrected chi connectivity index (χ4v) is 4.39. The van der Waals surface area contributed by atoms with E-state index >= 15 is 0 Å². The van der Waals surface area contributed by atoms with Gasteiger partial charge in [0.05, 0.1) is 0 Å². The van der Waals surface area contributed by atoms with Gasteiger partial charge in [0.1, 0.15) is 0 Å². The van der Waals surface area contributed by atoms with Gasteiger partial charge in [-0.25, -0.2) is 8.42 Å². The zero-order chi connectivity index (χ0) is 21.5. The monoisotopic (exact) mass is 562 g/mol. The molecule has 0 aliphatic carbocycles. The molecule has 1 aliphatic rings. The molecule has 0 bridgehead atoms. The Bertz CT molecular complexity index is 768. The Hall–Kier alpha value is -1.08. The van der Waals surface area contributed by atoms with Crippen molar-refractivity contribution in [3.05, 3.63) is 35.9 Å². The Morgan fingerprint density at radius 2 is 1.80 bits per heavy atom. The maximum absolute atomic E-state index is 12.7. The normalized spacial score (nSPS) is 17.8. The molecule has 1 unspecified atom stereocenters. The van der Waals surface area contributed by atoms with Crippen LogP contribution in [-0.2, 0) is 10.0 Å². The second-order valence-electron chi connectivity index (χ2n) is 7.14. The third-order valence-electron chi connectivity index (χ3n) is 5.27. The zero-order valence-electron chi connectivity index (χ0n) is 17.2. The first-order valence-electron chi connectivity index (χ1n) is 9.75. The molecule has 172 valence electrons. The number of piperidine rings is 1. The molecule has 1 saturated heterocycles. The summed E-state index contributed by atoms with van der Waals surface area (Å²) in [5, 5.41) is 6.50. The third kappa shape index (κ3) is 7.26. The van der Waals surface area contributed by atoms with Crippen LogP contribution in [0.1, 0.15) is 37.7 Å². The lowest BCUT2D eigenvalue weighted by atomic mass is 9.96. The van der Waals surface area contributed by atoms with Crippen molar-refractivity contribution in [2.24, 2.45) is 10.9 Å². The van der Waals surface area contributed by atoms with E-state index < -0.39 is 15.5 Å². The first kappa shape index (κ1) is 27.0. The minimum atomic E-state index is -5.24. The molecule has 0 spiro atoms. The number of nitrogens with one attached hydrogen (secondary N) is 2. The molecule has 1 atom stereocenters. The molecule has 1 aromatic carbocycles. The molecule has 1 fully saturated rings. The van der Waals surface area contributed by atoms with Gasteiger partial charge in [-0.05, 0) is 30.7 Å². The Morgan fingerprint density at radius 3 is 2.30 bits per heavy atom. The molecule has 0 radical (unpaired) electrons. The van der Waals surface area contributed by atoms with Crippen LogP contribution in [0.25, 0.3) is 0 Å². The van der Waals surface area contributed by atoms with E-state index in [1.165, 1.54) is 5.56 Å². The van der Waals surface area contributed by atoms with Crippen molar-refractivity contribution in [2.45, 2.75) is 37.6 Å². The topological polar surface area (TPSA) is 73.8 Å². The fraction of sp³-hybridized carbons (Fsp3) is 0.632. The van der Waals surface area contributed by atoms with Crippen molar-refractivity contribution in [1.82, 2.24) is 14.9 Å². The molecule has 2 N–H and O–H groups in total. The summed E-state index contributed by atoms with van der Waals surface area (Å²) in [6, 6.07) is 10.2. The highest BCUT2D eigenvalue weighted by Gasteiger charge is 2.50. The van der Waals surface area contributed by atoms with Gasteiger partial charge in [-0.15, -0.1) is 24.0 Å². The number of alkyl halides is 3. The lowest BCUT2D eigenvalue weighted by Crippen LogP contribution is -2.47. The molecule has 0 saturated carbocycles. The van der Waals surface area contributed by atoms with Gasteiger partial charge < -0.3 is 10.6 Å². The van der Waals surface area contributed by atoms with E-state index in [2.05, 4.69) is 34.7 Å². The van der Waals surface area contributed by atoms with Gasteiger partial charge in [0.25, 0.3) is 0 Å². The van der Waals surface area contributed by atoms with Crippen LogP contribution in [0.3, 0.4) is 0 Å². The molecule has 1 aliphatic heterocycles. The van der Waals surface area contributed by atoms with Crippen molar-refractivity contribution < 1.29 is 21.6 Å². The van der Waals surface area contributed by atoms with E-state index in [4.69, 9.17) is 0 Å². The van der Waals surface area contributed by atoms with Gasteiger partial charge in [0.15, 0.2) is 5.96 Å². The van der Waals surface area contributed by atoms with E-state index in [1.54, 1.807) is 7.05 Å². The number of guanidine groups is 1. The van der Waals surface area contributed by atoms with Gasteiger partial charge in [0.2, 0.25) is 0 Å². The standard InChI is InChI=1S/C19H29F3N4O2S.HI/c1-3-16(17-7-5-4-6-8-17)14-25-18(23-2)24-13-15-9-11-26(12-10-15)29(27,28)19(20,21)22;/h4-8,15-16H,3,9-14H2,1-2H3,(H2,23,24,25);1H. The molecule has 2 rings (SSSR count). The molecule has 0 amide bonds. The predicted octanol–water partition coefficient (Wildman–Crippen LogP) is 3.52. The Kier molecular flexibility index (Phi) is 10.9. The van der Waals surface area contributed by atoms with Crippen LogP contribution in [0.2, 0.25) is 0 Å². The lowest BCUT2D eigenvalue weighted by Gasteiger charge is -2.31. The minimum Gasteiger partial charge on any atom is -0.356 e. The van der Waals surface area contributed by atoms with Crippen LogP contribution in [0.15, 0.2) is 35.3 Å². The summed E-state index contributed by atoms with van der Waals surface area (Å²) in [6.07, 6.45) is 1.72. The summed E-state index contributed by atoms with van der Waals surface area (Å²) >= 11 is 0. The smallest absolute Gasteiger partial charge is 0.356 e. The van der Waals surface area contributed by atoms with Crippen LogP contribution in [0.4, 0.5) is 13.2 Å². The summed E-state index contributed by atoms with van der Waals surface area (Å²) in [5.41, 5.74) is -3.99. The van der Waals surface area contributed by atoms with E-state index in [0.29, 0.717) is 42.1 Å². The largest absolute Gasteiger partial charge is 0.511 e. The van der Waals surface area contributed by atoms with Crippen LogP contribution in [-0.4, -0.2) is 57.4 Å². The second kappa shape index (κ2) is 12.1. The van der Waals surface area contributed by atoms with Gasteiger partial charge in [-0.3, -0.25) is 4.99 Å². The van der Waals surface area contributed by atoms with Gasteiger partial charge in [-0.2, -0.15) is 17.5 Å². The van der Waals surface area contributed by atoms with Gasteiger partial charge in [0, 0.05) is 39.1 Å². The molecule has 11 heteroatoms. The maximum atomic E-state index is 12.7. The van der Waals surface area contributed by atoms with Crippen LogP contribution >= 0.6 is 24.0 Å².